The van der Waals surface area contributed by atoms with Crippen LogP contribution in [0.2, 0.25) is 5.02 Å². The van der Waals surface area contributed by atoms with Crippen LogP contribution in [0.25, 0.3) is 0 Å². The molecule has 0 atom stereocenters. The molecular weight excluding hydrogens is 375 g/mol. The van der Waals surface area contributed by atoms with Crippen molar-refractivity contribution in [3.8, 4) is 0 Å². The van der Waals surface area contributed by atoms with Crippen LogP contribution in [-0.2, 0) is 11.3 Å². The van der Waals surface area contributed by atoms with Crippen LogP contribution >= 0.6 is 23.4 Å². The Hall–Kier alpha value is -2.38. The number of nitrogens with zero attached hydrogens (tertiary/aromatic N) is 3. The van der Waals surface area contributed by atoms with Gasteiger partial charge in [0.15, 0.2) is 5.16 Å². The summed E-state index contributed by atoms with van der Waals surface area (Å²) in [4.78, 5) is 12.2. The van der Waals surface area contributed by atoms with E-state index in [0.29, 0.717) is 17.4 Å². The van der Waals surface area contributed by atoms with Gasteiger partial charge in [-0.2, -0.15) is 0 Å². The molecule has 134 valence electrons. The van der Waals surface area contributed by atoms with Crippen LogP contribution in [0.5, 0.6) is 0 Å². The van der Waals surface area contributed by atoms with Gasteiger partial charge >= 0.3 is 0 Å². The predicted molar refractivity (Wildman–Crippen MR) is 101 cm³/mol. The zero-order valence-electron chi connectivity index (χ0n) is 13.9. The minimum absolute atomic E-state index is 0.140. The van der Waals surface area contributed by atoms with Crippen molar-refractivity contribution in [1.29, 1.82) is 0 Å². The van der Waals surface area contributed by atoms with Crippen molar-refractivity contribution in [2.24, 2.45) is 0 Å². The van der Waals surface area contributed by atoms with Gasteiger partial charge in [-0.25, -0.2) is 4.39 Å². The van der Waals surface area contributed by atoms with Crippen molar-refractivity contribution >= 4 is 35.0 Å². The van der Waals surface area contributed by atoms with E-state index in [1.165, 1.54) is 23.9 Å². The zero-order chi connectivity index (χ0) is 18.5. The van der Waals surface area contributed by atoms with Gasteiger partial charge in [-0.15, -0.1) is 10.2 Å². The van der Waals surface area contributed by atoms with Gasteiger partial charge in [-0.05, 0) is 30.7 Å². The summed E-state index contributed by atoms with van der Waals surface area (Å²) in [5, 5.41) is 11.7. The quantitative estimate of drug-likeness (QED) is 0.642. The lowest BCUT2D eigenvalue weighted by Crippen LogP contribution is -2.15. The van der Waals surface area contributed by atoms with Gasteiger partial charge in [0.05, 0.1) is 23.0 Å². The van der Waals surface area contributed by atoms with E-state index in [-0.39, 0.29) is 16.7 Å². The van der Waals surface area contributed by atoms with E-state index in [4.69, 9.17) is 11.6 Å². The number of thioether (sulfide) groups is 1. The Balaban J connectivity index is 1.63. The molecule has 0 saturated carbocycles. The van der Waals surface area contributed by atoms with Crippen LogP contribution in [0.3, 0.4) is 0 Å². The summed E-state index contributed by atoms with van der Waals surface area (Å²) in [7, 11) is 0. The third-order valence-corrected chi connectivity index (χ3v) is 4.90. The monoisotopic (exact) mass is 390 g/mol. The van der Waals surface area contributed by atoms with Gasteiger partial charge in [0, 0.05) is 0 Å². The number of rotatable bonds is 6. The molecule has 1 aromatic heterocycles. The largest absolute Gasteiger partial charge is 0.324 e. The second-order valence-corrected chi connectivity index (χ2v) is 6.91. The summed E-state index contributed by atoms with van der Waals surface area (Å²) in [5.41, 5.74) is 1.50. The summed E-state index contributed by atoms with van der Waals surface area (Å²) < 4.78 is 15.0. The first kappa shape index (κ1) is 18.4. The first-order valence-electron chi connectivity index (χ1n) is 7.84. The van der Waals surface area contributed by atoms with Gasteiger partial charge in [-0.3, -0.25) is 4.79 Å². The highest BCUT2D eigenvalue weighted by molar-refractivity contribution is 7.99. The van der Waals surface area contributed by atoms with Crippen molar-refractivity contribution in [1.82, 2.24) is 14.8 Å². The van der Waals surface area contributed by atoms with E-state index in [9.17, 15) is 9.18 Å². The minimum atomic E-state index is -0.452. The molecule has 3 aromatic rings. The Bertz CT molecular complexity index is 917. The highest BCUT2D eigenvalue weighted by Crippen LogP contribution is 2.23. The topological polar surface area (TPSA) is 59.8 Å². The van der Waals surface area contributed by atoms with Crippen LogP contribution in [0.15, 0.2) is 53.7 Å². The molecular formula is C18H16ClFN4OS. The number of aryl methyl sites for hydroxylation is 1. The highest BCUT2D eigenvalue weighted by Gasteiger charge is 2.13. The fraction of sp³-hybridized carbons (Fsp3) is 0.167. The predicted octanol–water partition coefficient (Wildman–Crippen LogP) is 4.16. The number of hydrogen-bond donors (Lipinski definition) is 1. The van der Waals surface area contributed by atoms with Crippen LogP contribution in [0, 0.1) is 12.7 Å². The lowest BCUT2D eigenvalue weighted by molar-refractivity contribution is -0.113. The average Bonchev–Trinajstić information content (AvgIpc) is 2.97. The van der Waals surface area contributed by atoms with Crippen LogP contribution in [0.1, 0.15) is 11.4 Å². The highest BCUT2D eigenvalue weighted by atomic mass is 35.5. The summed E-state index contributed by atoms with van der Waals surface area (Å²) in [5.74, 6) is 0.210. The molecule has 0 aliphatic carbocycles. The average molecular weight is 391 g/mol. The molecule has 0 aliphatic heterocycles. The molecule has 0 saturated heterocycles. The Morgan fingerprint density at radius 2 is 2.00 bits per heavy atom. The summed E-state index contributed by atoms with van der Waals surface area (Å²) in [6, 6.07) is 13.8. The molecule has 8 heteroatoms. The third kappa shape index (κ3) is 4.62. The van der Waals surface area contributed by atoms with Crippen LogP contribution in [0.4, 0.5) is 10.1 Å². The standard InChI is InChI=1S/C18H16ClFN4OS/c1-12-22-23-18(24(12)10-13-5-3-2-4-6-13)26-11-17(25)21-16-8-7-14(20)9-15(16)19/h2-9H,10-11H2,1H3,(H,21,25). The smallest absolute Gasteiger partial charge is 0.234 e. The number of carbonyl (C=O) groups is 1. The maximum atomic E-state index is 13.1. The fourth-order valence-electron chi connectivity index (χ4n) is 2.32. The van der Waals surface area contributed by atoms with Gasteiger partial charge in [-0.1, -0.05) is 53.7 Å². The molecule has 1 heterocycles. The number of anilines is 1. The molecule has 0 unspecified atom stereocenters. The molecule has 1 amide bonds. The van der Waals surface area contributed by atoms with E-state index in [2.05, 4.69) is 15.5 Å². The fourth-order valence-corrected chi connectivity index (χ4v) is 3.32. The van der Waals surface area contributed by atoms with Crippen LogP contribution < -0.4 is 5.32 Å². The Kier molecular flexibility index (Phi) is 5.90. The molecule has 3 rings (SSSR count). The Morgan fingerprint density at radius 3 is 2.73 bits per heavy atom. The van der Waals surface area contributed by atoms with E-state index in [0.717, 1.165) is 17.5 Å². The SMILES string of the molecule is Cc1nnc(SCC(=O)Nc2ccc(F)cc2Cl)n1Cc1ccccc1. The minimum Gasteiger partial charge on any atom is -0.324 e. The molecule has 0 fully saturated rings. The lowest BCUT2D eigenvalue weighted by Gasteiger charge is -2.09. The van der Waals surface area contributed by atoms with E-state index >= 15 is 0 Å². The van der Waals surface area contributed by atoms with E-state index in [1.807, 2.05) is 41.8 Å². The van der Waals surface area contributed by atoms with Crippen molar-refractivity contribution in [3.05, 3.63) is 70.8 Å². The second-order valence-electron chi connectivity index (χ2n) is 5.56. The first-order valence-corrected chi connectivity index (χ1v) is 9.20. The van der Waals surface area contributed by atoms with Crippen molar-refractivity contribution in [2.45, 2.75) is 18.6 Å². The number of halogens is 2. The molecule has 0 radical (unpaired) electrons. The number of hydrogen-bond acceptors (Lipinski definition) is 4. The normalized spacial score (nSPS) is 10.7. The summed E-state index contributed by atoms with van der Waals surface area (Å²) >= 11 is 7.21. The van der Waals surface area contributed by atoms with Crippen molar-refractivity contribution < 1.29 is 9.18 Å². The molecule has 0 aliphatic rings. The lowest BCUT2D eigenvalue weighted by atomic mass is 10.2. The van der Waals surface area contributed by atoms with E-state index < -0.39 is 5.82 Å². The molecule has 5 nitrogen and oxygen atoms in total. The Labute approximate surface area is 159 Å². The maximum absolute atomic E-state index is 13.1. The molecule has 2 aromatic carbocycles. The molecule has 26 heavy (non-hydrogen) atoms. The maximum Gasteiger partial charge on any atom is 0.234 e. The van der Waals surface area contributed by atoms with Gasteiger partial charge in [0.1, 0.15) is 11.6 Å². The van der Waals surface area contributed by atoms with Crippen LogP contribution in [-0.4, -0.2) is 26.4 Å². The van der Waals surface area contributed by atoms with Gasteiger partial charge < -0.3 is 9.88 Å². The number of carbonyl (C=O) groups excluding carboxylic acids is 1. The number of nitrogens with one attached hydrogen (secondary N) is 1. The van der Waals surface area contributed by atoms with Gasteiger partial charge in [0.2, 0.25) is 5.91 Å². The third-order valence-electron chi connectivity index (χ3n) is 3.62. The molecule has 0 spiro atoms. The van der Waals surface area contributed by atoms with Gasteiger partial charge in [0.25, 0.3) is 0 Å². The zero-order valence-corrected chi connectivity index (χ0v) is 15.5. The van der Waals surface area contributed by atoms with E-state index in [1.54, 1.807) is 0 Å². The number of aromatic nitrogens is 3. The summed E-state index contributed by atoms with van der Waals surface area (Å²) in [6.07, 6.45) is 0. The number of amides is 1. The van der Waals surface area contributed by atoms with Crippen molar-refractivity contribution in [2.75, 3.05) is 11.1 Å². The first-order chi connectivity index (χ1) is 12.5. The Morgan fingerprint density at radius 1 is 1.23 bits per heavy atom. The molecule has 0 bridgehead atoms. The molecule has 1 N–H and O–H groups in total. The number of benzene rings is 2. The van der Waals surface area contributed by atoms with Crippen molar-refractivity contribution in [3.63, 3.8) is 0 Å². The second kappa shape index (κ2) is 8.33. The summed E-state index contributed by atoms with van der Waals surface area (Å²) in [6.45, 7) is 2.51.